The summed E-state index contributed by atoms with van der Waals surface area (Å²) in [6, 6.07) is 7.78. The number of benzene rings is 1. The van der Waals surface area contributed by atoms with Gasteiger partial charge in [0.05, 0.1) is 11.4 Å². The zero-order valence-corrected chi connectivity index (χ0v) is 11.5. The van der Waals surface area contributed by atoms with Gasteiger partial charge in [0, 0.05) is 13.1 Å². The molecular weight excluding hydrogens is 248 g/mol. The number of rotatable bonds is 4. The third-order valence-corrected chi connectivity index (χ3v) is 5.00. The van der Waals surface area contributed by atoms with Crippen molar-refractivity contribution in [1.82, 2.24) is 5.32 Å². The molecule has 0 unspecified atom stereocenters. The molecule has 5 heteroatoms. The van der Waals surface area contributed by atoms with Crippen LogP contribution in [0.15, 0.2) is 24.3 Å². The van der Waals surface area contributed by atoms with Crippen LogP contribution < -0.4 is 9.62 Å². The fourth-order valence-electron chi connectivity index (χ4n) is 2.17. The zero-order chi connectivity index (χ0) is 13.0. The Hall–Kier alpha value is -1.07. The van der Waals surface area contributed by atoms with Crippen molar-refractivity contribution in [2.45, 2.75) is 26.3 Å². The fraction of sp³-hybridized carbons (Fsp3) is 0.538. The van der Waals surface area contributed by atoms with E-state index in [0.717, 1.165) is 37.2 Å². The lowest BCUT2D eigenvalue weighted by molar-refractivity contribution is 0.574. The Kier molecular flexibility index (Phi) is 4.24. The van der Waals surface area contributed by atoms with E-state index in [9.17, 15) is 8.42 Å². The van der Waals surface area contributed by atoms with Crippen LogP contribution in [0.3, 0.4) is 0 Å². The van der Waals surface area contributed by atoms with Crippen LogP contribution in [0, 0.1) is 0 Å². The van der Waals surface area contributed by atoms with Crippen LogP contribution in [0.4, 0.5) is 5.69 Å². The van der Waals surface area contributed by atoms with Gasteiger partial charge in [0.15, 0.2) is 0 Å². The Labute approximate surface area is 109 Å². The number of hydrogen-bond donors (Lipinski definition) is 1. The van der Waals surface area contributed by atoms with E-state index in [1.165, 1.54) is 0 Å². The average Bonchev–Trinajstić information content (AvgIpc) is 2.36. The molecule has 0 aliphatic carbocycles. The monoisotopic (exact) mass is 268 g/mol. The van der Waals surface area contributed by atoms with E-state index in [4.69, 9.17) is 0 Å². The summed E-state index contributed by atoms with van der Waals surface area (Å²) in [7, 11) is -3.10. The molecule has 2 rings (SSSR count). The largest absolute Gasteiger partial charge is 0.313 e. The predicted octanol–water partition coefficient (Wildman–Crippen LogP) is 1.73. The molecule has 0 bridgehead atoms. The first-order chi connectivity index (χ1) is 8.63. The third-order valence-electron chi connectivity index (χ3n) is 3.13. The number of nitrogens with one attached hydrogen (secondary N) is 1. The zero-order valence-electron chi connectivity index (χ0n) is 10.7. The maximum Gasteiger partial charge on any atom is 0.235 e. The van der Waals surface area contributed by atoms with Crippen molar-refractivity contribution in [3.05, 3.63) is 29.8 Å². The van der Waals surface area contributed by atoms with E-state index in [1.807, 2.05) is 24.3 Å². The van der Waals surface area contributed by atoms with Crippen LogP contribution in [0.5, 0.6) is 0 Å². The van der Waals surface area contributed by atoms with E-state index >= 15 is 0 Å². The minimum atomic E-state index is -3.10. The van der Waals surface area contributed by atoms with Gasteiger partial charge in [-0.05, 0) is 37.1 Å². The van der Waals surface area contributed by atoms with Gasteiger partial charge in [-0.3, -0.25) is 4.31 Å². The molecule has 0 spiro atoms. The summed E-state index contributed by atoms with van der Waals surface area (Å²) in [5.74, 6) is 0.268. The van der Waals surface area contributed by atoms with E-state index in [2.05, 4.69) is 12.2 Å². The molecular formula is C13H20N2O2S. The molecule has 1 saturated heterocycles. The van der Waals surface area contributed by atoms with Gasteiger partial charge < -0.3 is 5.32 Å². The quantitative estimate of drug-likeness (QED) is 0.904. The maximum absolute atomic E-state index is 12.0. The highest BCUT2D eigenvalue weighted by Gasteiger charge is 2.25. The summed E-state index contributed by atoms with van der Waals surface area (Å²) in [6.45, 7) is 4.34. The maximum atomic E-state index is 12.0. The molecule has 1 N–H and O–H groups in total. The number of hydrogen-bond acceptors (Lipinski definition) is 3. The van der Waals surface area contributed by atoms with Gasteiger partial charge in [0.25, 0.3) is 0 Å². The minimum absolute atomic E-state index is 0.268. The summed E-state index contributed by atoms with van der Waals surface area (Å²) in [5.41, 5.74) is 1.92. The Balaban J connectivity index is 2.21. The Morgan fingerprint density at radius 1 is 1.33 bits per heavy atom. The first kappa shape index (κ1) is 13.4. The van der Waals surface area contributed by atoms with E-state index in [1.54, 1.807) is 4.31 Å². The van der Waals surface area contributed by atoms with Crippen molar-refractivity contribution in [3.8, 4) is 0 Å². The summed E-state index contributed by atoms with van der Waals surface area (Å²) in [4.78, 5) is 0. The summed E-state index contributed by atoms with van der Waals surface area (Å²) < 4.78 is 25.6. The van der Waals surface area contributed by atoms with Crippen molar-refractivity contribution < 1.29 is 8.42 Å². The first-order valence-corrected chi connectivity index (χ1v) is 8.04. The van der Waals surface area contributed by atoms with Crippen LogP contribution >= 0.6 is 0 Å². The highest BCUT2D eigenvalue weighted by molar-refractivity contribution is 7.92. The van der Waals surface area contributed by atoms with Gasteiger partial charge in [0.1, 0.15) is 0 Å². The van der Waals surface area contributed by atoms with Gasteiger partial charge in [-0.25, -0.2) is 8.42 Å². The van der Waals surface area contributed by atoms with Crippen LogP contribution in [-0.4, -0.2) is 27.3 Å². The molecule has 0 aromatic heterocycles. The molecule has 0 amide bonds. The second-order valence-corrected chi connectivity index (χ2v) is 6.56. The molecule has 1 aliphatic heterocycles. The van der Waals surface area contributed by atoms with E-state index in [0.29, 0.717) is 6.54 Å². The lowest BCUT2D eigenvalue weighted by atomic mass is 10.2. The van der Waals surface area contributed by atoms with E-state index < -0.39 is 10.0 Å². The Morgan fingerprint density at radius 3 is 2.89 bits per heavy atom. The highest BCUT2D eigenvalue weighted by Crippen LogP contribution is 2.24. The molecule has 100 valence electrons. The Bertz CT molecular complexity index is 499. The van der Waals surface area contributed by atoms with Gasteiger partial charge in [0.2, 0.25) is 10.0 Å². The minimum Gasteiger partial charge on any atom is -0.313 e. The second-order valence-electron chi connectivity index (χ2n) is 4.55. The van der Waals surface area contributed by atoms with Gasteiger partial charge >= 0.3 is 0 Å². The van der Waals surface area contributed by atoms with Gasteiger partial charge in [-0.15, -0.1) is 0 Å². The molecule has 0 saturated carbocycles. The standard InChI is InChI=1S/C13H20N2O2S/c1-2-14-11-12-6-5-7-13(10-12)15-8-3-4-9-18(15,16)17/h5-7,10,14H,2-4,8-9,11H2,1H3. The smallest absolute Gasteiger partial charge is 0.235 e. The first-order valence-electron chi connectivity index (χ1n) is 6.43. The van der Waals surface area contributed by atoms with Gasteiger partial charge in [-0.1, -0.05) is 19.1 Å². The lowest BCUT2D eigenvalue weighted by Crippen LogP contribution is -2.37. The molecule has 4 nitrogen and oxygen atoms in total. The van der Waals surface area contributed by atoms with E-state index in [-0.39, 0.29) is 5.75 Å². The molecule has 1 heterocycles. The highest BCUT2D eigenvalue weighted by atomic mass is 32.2. The third kappa shape index (κ3) is 3.03. The Morgan fingerprint density at radius 2 is 2.17 bits per heavy atom. The second kappa shape index (κ2) is 5.71. The van der Waals surface area contributed by atoms with Crippen molar-refractivity contribution in [1.29, 1.82) is 0 Å². The average molecular weight is 268 g/mol. The fourth-order valence-corrected chi connectivity index (χ4v) is 3.80. The van der Waals surface area contributed by atoms with Crippen LogP contribution in [-0.2, 0) is 16.6 Å². The summed E-state index contributed by atoms with van der Waals surface area (Å²) in [5, 5.41) is 3.25. The predicted molar refractivity (Wildman–Crippen MR) is 74.2 cm³/mol. The van der Waals surface area contributed by atoms with Gasteiger partial charge in [-0.2, -0.15) is 0 Å². The van der Waals surface area contributed by atoms with Crippen molar-refractivity contribution in [2.75, 3.05) is 23.1 Å². The van der Waals surface area contributed by atoms with Crippen molar-refractivity contribution in [2.24, 2.45) is 0 Å². The molecule has 1 aromatic carbocycles. The molecule has 0 radical (unpaired) electrons. The number of sulfonamides is 1. The summed E-state index contributed by atoms with van der Waals surface area (Å²) >= 11 is 0. The number of anilines is 1. The molecule has 1 aromatic rings. The van der Waals surface area contributed by atoms with Crippen LogP contribution in [0.2, 0.25) is 0 Å². The molecule has 0 atom stereocenters. The van der Waals surface area contributed by atoms with Crippen LogP contribution in [0.1, 0.15) is 25.3 Å². The normalized spacial score (nSPS) is 18.8. The van der Waals surface area contributed by atoms with Crippen LogP contribution in [0.25, 0.3) is 0 Å². The topological polar surface area (TPSA) is 49.4 Å². The van der Waals surface area contributed by atoms with Crippen molar-refractivity contribution in [3.63, 3.8) is 0 Å². The molecule has 1 aliphatic rings. The molecule has 18 heavy (non-hydrogen) atoms. The summed E-state index contributed by atoms with van der Waals surface area (Å²) in [6.07, 6.45) is 1.71. The number of nitrogens with zero attached hydrogens (tertiary/aromatic N) is 1. The molecule has 1 fully saturated rings. The lowest BCUT2D eigenvalue weighted by Gasteiger charge is -2.28. The van der Waals surface area contributed by atoms with Crippen molar-refractivity contribution >= 4 is 15.7 Å². The SMILES string of the molecule is CCNCc1cccc(N2CCCCS2(=O)=O)c1.